The molecule has 2 N–H and O–H groups in total. The highest BCUT2D eigenvalue weighted by molar-refractivity contribution is 7.85. The molecule has 1 rings (SSSR count). The number of rotatable bonds is 6. The molecule has 0 fully saturated rings. The Bertz CT molecular complexity index is 443. The quantitative estimate of drug-likeness (QED) is 0.835. The average molecular weight is 283 g/mol. The van der Waals surface area contributed by atoms with Crippen LogP contribution in [0.15, 0.2) is 29.2 Å². The largest absolute Gasteiger partial charge is 0.396 e. The van der Waals surface area contributed by atoms with Crippen molar-refractivity contribution < 1.29 is 14.1 Å². The number of hydrogen-bond donors (Lipinski definition) is 2. The topological polar surface area (TPSA) is 66.4 Å². The summed E-state index contributed by atoms with van der Waals surface area (Å²) in [5.41, 5.74) is 0.536. The van der Waals surface area contributed by atoms with Crippen molar-refractivity contribution >= 4 is 16.7 Å². The fourth-order valence-corrected chi connectivity index (χ4v) is 2.53. The molecule has 106 valence electrons. The molecule has 19 heavy (non-hydrogen) atoms. The first-order valence-electron chi connectivity index (χ1n) is 6.38. The van der Waals surface area contributed by atoms with Gasteiger partial charge in [-0.15, -0.1) is 0 Å². The molecular weight excluding hydrogens is 262 g/mol. The number of amides is 1. The Balaban J connectivity index is 2.71. The molecule has 0 aliphatic heterocycles. The van der Waals surface area contributed by atoms with Gasteiger partial charge in [-0.1, -0.05) is 13.8 Å². The summed E-state index contributed by atoms with van der Waals surface area (Å²) >= 11 is 0. The van der Waals surface area contributed by atoms with Crippen molar-refractivity contribution in [3.8, 4) is 0 Å². The summed E-state index contributed by atoms with van der Waals surface area (Å²) in [5, 5.41) is 11.6. The van der Waals surface area contributed by atoms with Gasteiger partial charge in [0.15, 0.2) is 0 Å². The van der Waals surface area contributed by atoms with E-state index in [2.05, 4.69) is 5.32 Å². The number of aliphatic hydroxyl groups excluding tert-OH is 1. The van der Waals surface area contributed by atoms with Gasteiger partial charge >= 0.3 is 0 Å². The first-order chi connectivity index (χ1) is 8.95. The second-order valence-corrected chi connectivity index (χ2v) is 6.77. The van der Waals surface area contributed by atoms with E-state index in [0.717, 1.165) is 4.90 Å². The third kappa shape index (κ3) is 4.76. The predicted molar refractivity (Wildman–Crippen MR) is 76.6 cm³/mol. The summed E-state index contributed by atoms with van der Waals surface area (Å²) in [7, 11) is -1.04. The van der Waals surface area contributed by atoms with E-state index in [1.807, 2.05) is 20.8 Å². The maximum atomic E-state index is 11.9. The maximum absolute atomic E-state index is 11.9. The molecule has 0 aliphatic carbocycles. The first kappa shape index (κ1) is 15.9. The predicted octanol–water partition coefficient (Wildman–Crippen LogP) is 1.70. The second-order valence-electron chi connectivity index (χ2n) is 4.76. The van der Waals surface area contributed by atoms with Crippen LogP contribution in [0.25, 0.3) is 0 Å². The van der Waals surface area contributed by atoms with Gasteiger partial charge in [-0.3, -0.25) is 9.00 Å². The third-order valence-corrected chi connectivity index (χ3v) is 4.31. The van der Waals surface area contributed by atoms with E-state index in [1.165, 1.54) is 0 Å². The van der Waals surface area contributed by atoms with Crippen molar-refractivity contribution in [3.05, 3.63) is 29.8 Å². The summed E-state index contributed by atoms with van der Waals surface area (Å²) in [6.45, 7) is 5.69. The SMILES string of the molecule is CC(CCO)NC(=O)c1ccc(S(=O)C(C)C)cc1. The number of nitrogens with one attached hydrogen (secondary N) is 1. The van der Waals surface area contributed by atoms with Crippen LogP contribution in [0.3, 0.4) is 0 Å². The molecule has 0 bridgehead atoms. The Kier molecular flexibility index (Phi) is 6.18. The van der Waals surface area contributed by atoms with Crippen molar-refractivity contribution in [2.45, 2.75) is 43.4 Å². The maximum Gasteiger partial charge on any atom is 0.251 e. The molecule has 0 saturated heterocycles. The van der Waals surface area contributed by atoms with Crippen LogP contribution in [-0.2, 0) is 10.8 Å². The van der Waals surface area contributed by atoms with Crippen LogP contribution >= 0.6 is 0 Å². The summed E-state index contributed by atoms with van der Waals surface area (Å²) in [4.78, 5) is 12.6. The number of carbonyl (C=O) groups is 1. The second kappa shape index (κ2) is 7.40. The van der Waals surface area contributed by atoms with Crippen LogP contribution < -0.4 is 5.32 Å². The standard InChI is InChI=1S/C14H21NO3S/c1-10(2)19(18)13-6-4-12(5-7-13)14(17)15-11(3)8-9-16/h4-7,10-11,16H,8-9H2,1-3H3,(H,15,17). The highest BCUT2D eigenvalue weighted by Gasteiger charge is 2.12. The van der Waals surface area contributed by atoms with Gasteiger partial charge in [-0.05, 0) is 37.6 Å². The van der Waals surface area contributed by atoms with E-state index in [9.17, 15) is 9.00 Å². The van der Waals surface area contributed by atoms with Crippen LogP contribution in [0.1, 0.15) is 37.6 Å². The van der Waals surface area contributed by atoms with Gasteiger partial charge in [-0.2, -0.15) is 0 Å². The Labute approximate surface area is 116 Å². The Hall–Kier alpha value is -1.20. The van der Waals surface area contributed by atoms with Crippen molar-refractivity contribution in [1.82, 2.24) is 5.32 Å². The van der Waals surface area contributed by atoms with Crippen molar-refractivity contribution in [2.24, 2.45) is 0 Å². The molecule has 0 saturated carbocycles. The fourth-order valence-electron chi connectivity index (χ4n) is 1.59. The van der Waals surface area contributed by atoms with E-state index in [1.54, 1.807) is 24.3 Å². The molecule has 2 atom stereocenters. The zero-order valence-electron chi connectivity index (χ0n) is 11.6. The molecule has 0 aromatic heterocycles. The highest BCUT2D eigenvalue weighted by Crippen LogP contribution is 2.12. The molecule has 4 nitrogen and oxygen atoms in total. The summed E-state index contributed by atoms with van der Waals surface area (Å²) in [5.74, 6) is -0.178. The van der Waals surface area contributed by atoms with Crippen molar-refractivity contribution in [1.29, 1.82) is 0 Å². The number of benzene rings is 1. The zero-order chi connectivity index (χ0) is 14.4. The monoisotopic (exact) mass is 283 g/mol. The van der Waals surface area contributed by atoms with E-state index in [-0.39, 0.29) is 23.8 Å². The summed E-state index contributed by atoms with van der Waals surface area (Å²) in [6.07, 6.45) is 0.529. The van der Waals surface area contributed by atoms with Gasteiger partial charge in [0.2, 0.25) is 0 Å². The van der Waals surface area contributed by atoms with Crippen LogP contribution in [0.2, 0.25) is 0 Å². The minimum atomic E-state index is -1.04. The Morgan fingerprint density at radius 2 is 1.84 bits per heavy atom. The number of carbonyl (C=O) groups excluding carboxylic acids is 1. The van der Waals surface area contributed by atoms with E-state index >= 15 is 0 Å². The van der Waals surface area contributed by atoms with Crippen molar-refractivity contribution in [2.75, 3.05) is 6.61 Å². The Morgan fingerprint density at radius 1 is 1.26 bits per heavy atom. The summed E-state index contributed by atoms with van der Waals surface area (Å²) < 4.78 is 11.9. The van der Waals surface area contributed by atoms with Gasteiger partial charge in [0.25, 0.3) is 5.91 Å². The fraction of sp³-hybridized carbons (Fsp3) is 0.500. The van der Waals surface area contributed by atoms with Crippen LogP contribution in [0.5, 0.6) is 0 Å². The number of hydrogen-bond acceptors (Lipinski definition) is 3. The normalized spacial score (nSPS) is 14.2. The van der Waals surface area contributed by atoms with Crippen LogP contribution in [0, 0.1) is 0 Å². The number of aliphatic hydroxyl groups is 1. The van der Waals surface area contributed by atoms with E-state index in [0.29, 0.717) is 12.0 Å². The molecule has 0 heterocycles. The lowest BCUT2D eigenvalue weighted by molar-refractivity contribution is 0.0934. The molecule has 0 radical (unpaired) electrons. The van der Waals surface area contributed by atoms with Crippen LogP contribution in [-0.4, -0.2) is 33.1 Å². The van der Waals surface area contributed by atoms with Gasteiger partial charge in [0.1, 0.15) is 0 Å². The highest BCUT2D eigenvalue weighted by atomic mass is 32.2. The van der Waals surface area contributed by atoms with Crippen LogP contribution in [0.4, 0.5) is 0 Å². The molecule has 1 aromatic rings. The van der Waals surface area contributed by atoms with E-state index in [4.69, 9.17) is 5.11 Å². The summed E-state index contributed by atoms with van der Waals surface area (Å²) in [6, 6.07) is 6.73. The minimum absolute atomic E-state index is 0.0494. The van der Waals surface area contributed by atoms with Gasteiger partial charge in [-0.25, -0.2) is 0 Å². The lowest BCUT2D eigenvalue weighted by atomic mass is 10.2. The molecule has 0 aliphatic rings. The lowest BCUT2D eigenvalue weighted by Crippen LogP contribution is -2.33. The molecule has 1 aromatic carbocycles. The minimum Gasteiger partial charge on any atom is -0.396 e. The Morgan fingerprint density at radius 3 is 2.32 bits per heavy atom. The molecule has 5 heteroatoms. The molecule has 2 unspecified atom stereocenters. The smallest absolute Gasteiger partial charge is 0.251 e. The van der Waals surface area contributed by atoms with Gasteiger partial charge < -0.3 is 10.4 Å². The molecule has 0 spiro atoms. The van der Waals surface area contributed by atoms with Gasteiger partial charge in [0.05, 0.1) is 10.8 Å². The lowest BCUT2D eigenvalue weighted by Gasteiger charge is -2.12. The van der Waals surface area contributed by atoms with Crippen molar-refractivity contribution in [3.63, 3.8) is 0 Å². The van der Waals surface area contributed by atoms with Gasteiger partial charge in [0, 0.05) is 28.4 Å². The molecular formula is C14H21NO3S. The third-order valence-electron chi connectivity index (χ3n) is 2.72. The van der Waals surface area contributed by atoms with E-state index < -0.39 is 10.8 Å². The zero-order valence-corrected chi connectivity index (χ0v) is 12.4. The molecule has 1 amide bonds. The average Bonchev–Trinajstić information content (AvgIpc) is 2.38. The first-order valence-corrected chi connectivity index (χ1v) is 7.59.